The first-order valence-electron chi connectivity index (χ1n) is 7.18. The first kappa shape index (κ1) is 19.4. The molecule has 0 aromatic heterocycles. The summed E-state index contributed by atoms with van der Waals surface area (Å²) >= 11 is 11.8. The van der Waals surface area contributed by atoms with Crippen molar-refractivity contribution < 1.29 is 17.9 Å². The predicted octanol–water partition coefficient (Wildman–Crippen LogP) is 3.17. The van der Waals surface area contributed by atoms with Crippen molar-refractivity contribution in [2.75, 3.05) is 24.1 Å². The SMILES string of the molecule is CS(=O)(=O)Nc1ccc(Cl)c(C(=O)NCCOc2ccc(Cl)cc2)c1. The van der Waals surface area contributed by atoms with Crippen LogP contribution >= 0.6 is 23.2 Å². The maximum Gasteiger partial charge on any atom is 0.252 e. The third-order valence-electron chi connectivity index (χ3n) is 2.98. The van der Waals surface area contributed by atoms with Gasteiger partial charge in [-0.15, -0.1) is 0 Å². The number of amides is 1. The van der Waals surface area contributed by atoms with Crippen LogP contribution in [-0.2, 0) is 10.0 Å². The summed E-state index contributed by atoms with van der Waals surface area (Å²) in [6.07, 6.45) is 1.02. The van der Waals surface area contributed by atoms with E-state index in [9.17, 15) is 13.2 Å². The molecule has 0 radical (unpaired) electrons. The van der Waals surface area contributed by atoms with E-state index in [1.54, 1.807) is 24.3 Å². The highest BCUT2D eigenvalue weighted by Crippen LogP contribution is 2.21. The molecule has 1 amide bonds. The zero-order valence-corrected chi connectivity index (χ0v) is 15.6. The number of carbonyl (C=O) groups excluding carboxylic acids is 1. The molecule has 9 heteroatoms. The molecule has 0 fully saturated rings. The maximum absolute atomic E-state index is 12.2. The van der Waals surface area contributed by atoms with Gasteiger partial charge in [0, 0.05) is 10.7 Å². The fourth-order valence-electron chi connectivity index (χ4n) is 1.94. The molecular formula is C16H16Cl2N2O4S. The van der Waals surface area contributed by atoms with Crippen molar-refractivity contribution in [2.45, 2.75) is 0 Å². The molecule has 2 aromatic carbocycles. The summed E-state index contributed by atoms with van der Waals surface area (Å²) in [6, 6.07) is 11.2. The normalized spacial score (nSPS) is 11.0. The van der Waals surface area contributed by atoms with E-state index >= 15 is 0 Å². The zero-order valence-electron chi connectivity index (χ0n) is 13.3. The van der Waals surface area contributed by atoms with Gasteiger partial charge in [0.2, 0.25) is 10.0 Å². The van der Waals surface area contributed by atoms with E-state index in [1.165, 1.54) is 18.2 Å². The molecular weight excluding hydrogens is 387 g/mol. The molecule has 0 aliphatic rings. The number of nitrogens with one attached hydrogen (secondary N) is 2. The van der Waals surface area contributed by atoms with Gasteiger partial charge in [0.05, 0.1) is 23.4 Å². The molecule has 0 aliphatic carbocycles. The predicted molar refractivity (Wildman–Crippen MR) is 99.2 cm³/mol. The molecule has 0 unspecified atom stereocenters. The van der Waals surface area contributed by atoms with Crippen LogP contribution in [0.4, 0.5) is 5.69 Å². The lowest BCUT2D eigenvalue weighted by Gasteiger charge is -2.10. The molecule has 0 saturated carbocycles. The van der Waals surface area contributed by atoms with E-state index in [0.717, 1.165) is 6.26 Å². The van der Waals surface area contributed by atoms with Crippen LogP contribution in [0.3, 0.4) is 0 Å². The second-order valence-corrected chi connectivity index (χ2v) is 7.72. The molecule has 2 N–H and O–H groups in total. The maximum atomic E-state index is 12.2. The van der Waals surface area contributed by atoms with Crippen molar-refractivity contribution in [3.05, 3.63) is 58.1 Å². The first-order valence-corrected chi connectivity index (χ1v) is 9.83. The van der Waals surface area contributed by atoms with Gasteiger partial charge in [-0.05, 0) is 42.5 Å². The fourth-order valence-corrected chi connectivity index (χ4v) is 2.82. The van der Waals surface area contributed by atoms with Gasteiger partial charge in [-0.1, -0.05) is 23.2 Å². The number of carbonyl (C=O) groups is 1. The molecule has 6 nitrogen and oxygen atoms in total. The Morgan fingerprint density at radius 1 is 1.12 bits per heavy atom. The minimum atomic E-state index is -3.44. The van der Waals surface area contributed by atoms with Crippen molar-refractivity contribution in [1.29, 1.82) is 0 Å². The Kier molecular flexibility index (Phi) is 6.52. The summed E-state index contributed by atoms with van der Waals surface area (Å²) in [5, 5.41) is 3.49. The monoisotopic (exact) mass is 402 g/mol. The lowest BCUT2D eigenvalue weighted by Crippen LogP contribution is -2.28. The Bertz CT molecular complexity index is 855. The molecule has 2 rings (SSSR count). The van der Waals surface area contributed by atoms with Crippen LogP contribution in [-0.4, -0.2) is 33.7 Å². The van der Waals surface area contributed by atoms with Gasteiger partial charge in [0.1, 0.15) is 12.4 Å². The van der Waals surface area contributed by atoms with Crippen molar-refractivity contribution in [2.24, 2.45) is 0 Å². The van der Waals surface area contributed by atoms with Crippen LogP contribution < -0.4 is 14.8 Å². The Morgan fingerprint density at radius 3 is 2.44 bits per heavy atom. The van der Waals surface area contributed by atoms with Crippen molar-refractivity contribution in [3.63, 3.8) is 0 Å². The van der Waals surface area contributed by atoms with Crippen LogP contribution in [0, 0.1) is 0 Å². The second kappa shape index (κ2) is 8.42. The summed E-state index contributed by atoms with van der Waals surface area (Å²) in [4.78, 5) is 12.2. The molecule has 2 aromatic rings. The van der Waals surface area contributed by atoms with Gasteiger partial charge in [0.15, 0.2) is 0 Å². The number of sulfonamides is 1. The van der Waals surface area contributed by atoms with Crippen LogP contribution in [0.15, 0.2) is 42.5 Å². The Labute approximate surface area is 156 Å². The highest BCUT2D eigenvalue weighted by molar-refractivity contribution is 7.92. The number of halogens is 2. The van der Waals surface area contributed by atoms with E-state index in [1.807, 2.05) is 0 Å². The molecule has 0 bridgehead atoms. The highest BCUT2D eigenvalue weighted by atomic mass is 35.5. The zero-order chi connectivity index (χ0) is 18.4. The standard InChI is InChI=1S/C16H16Cl2N2O4S/c1-25(22,23)20-12-4-7-15(18)14(10-12)16(21)19-8-9-24-13-5-2-11(17)3-6-13/h2-7,10,20H,8-9H2,1H3,(H,19,21). The van der Waals surface area contributed by atoms with Crippen LogP contribution in [0.25, 0.3) is 0 Å². The van der Waals surface area contributed by atoms with Gasteiger partial charge in [-0.3, -0.25) is 9.52 Å². The number of hydrogen-bond donors (Lipinski definition) is 2. The lowest BCUT2D eigenvalue weighted by atomic mass is 10.2. The number of anilines is 1. The number of hydrogen-bond acceptors (Lipinski definition) is 4. The number of rotatable bonds is 7. The van der Waals surface area contributed by atoms with Gasteiger partial charge < -0.3 is 10.1 Å². The smallest absolute Gasteiger partial charge is 0.252 e. The lowest BCUT2D eigenvalue weighted by molar-refractivity contribution is 0.0947. The van der Waals surface area contributed by atoms with Crippen molar-refractivity contribution in [1.82, 2.24) is 5.32 Å². The van der Waals surface area contributed by atoms with Gasteiger partial charge in [0.25, 0.3) is 5.91 Å². The molecule has 0 atom stereocenters. The van der Waals surface area contributed by atoms with Gasteiger partial charge >= 0.3 is 0 Å². The minimum Gasteiger partial charge on any atom is -0.492 e. The summed E-state index contributed by atoms with van der Waals surface area (Å²) in [6.45, 7) is 0.508. The van der Waals surface area contributed by atoms with E-state index in [4.69, 9.17) is 27.9 Å². The van der Waals surface area contributed by atoms with Crippen LogP contribution in [0.2, 0.25) is 10.0 Å². The van der Waals surface area contributed by atoms with E-state index in [2.05, 4.69) is 10.0 Å². The summed E-state index contributed by atoms with van der Waals surface area (Å²) in [5.41, 5.74) is 0.427. The summed E-state index contributed by atoms with van der Waals surface area (Å²) < 4.78 is 30.3. The molecule has 0 saturated heterocycles. The first-order chi connectivity index (χ1) is 11.7. The third kappa shape index (κ3) is 6.45. The minimum absolute atomic E-state index is 0.168. The Morgan fingerprint density at radius 2 is 1.80 bits per heavy atom. The average Bonchev–Trinajstić information content (AvgIpc) is 2.53. The quantitative estimate of drug-likeness (QED) is 0.696. The molecule has 0 spiro atoms. The topological polar surface area (TPSA) is 84.5 Å². The highest BCUT2D eigenvalue weighted by Gasteiger charge is 2.12. The average molecular weight is 403 g/mol. The number of benzene rings is 2. The van der Waals surface area contributed by atoms with E-state index in [-0.39, 0.29) is 29.4 Å². The fraction of sp³-hybridized carbons (Fsp3) is 0.188. The molecule has 25 heavy (non-hydrogen) atoms. The molecule has 0 heterocycles. The molecule has 134 valence electrons. The molecule has 0 aliphatic heterocycles. The summed E-state index contributed by atoms with van der Waals surface area (Å²) in [5.74, 6) is 0.206. The Hall–Kier alpha value is -1.96. The van der Waals surface area contributed by atoms with E-state index in [0.29, 0.717) is 10.8 Å². The second-order valence-electron chi connectivity index (χ2n) is 5.13. The third-order valence-corrected chi connectivity index (χ3v) is 4.17. The van der Waals surface area contributed by atoms with Crippen molar-refractivity contribution >= 4 is 44.8 Å². The van der Waals surface area contributed by atoms with Crippen LogP contribution in [0.1, 0.15) is 10.4 Å². The van der Waals surface area contributed by atoms with Crippen molar-refractivity contribution in [3.8, 4) is 5.75 Å². The Balaban J connectivity index is 1.91. The van der Waals surface area contributed by atoms with E-state index < -0.39 is 15.9 Å². The van der Waals surface area contributed by atoms with Crippen LogP contribution in [0.5, 0.6) is 5.75 Å². The summed E-state index contributed by atoms with van der Waals surface area (Å²) in [7, 11) is -3.44. The largest absolute Gasteiger partial charge is 0.492 e. The van der Waals surface area contributed by atoms with Gasteiger partial charge in [-0.25, -0.2) is 8.42 Å². The van der Waals surface area contributed by atoms with Gasteiger partial charge in [-0.2, -0.15) is 0 Å². The number of ether oxygens (including phenoxy) is 1.